The van der Waals surface area contributed by atoms with E-state index in [-0.39, 0.29) is 6.42 Å². The maximum atomic E-state index is 11.1. The summed E-state index contributed by atoms with van der Waals surface area (Å²) in [6.45, 7) is 1.90. The quantitative estimate of drug-likeness (QED) is 0.345. The summed E-state index contributed by atoms with van der Waals surface area (Å²) in [6, 6.07) is 0. The maximum Gasteiger partial charge on any atom is 0.303 e. The number of ketones is 1. The predicted molar refractivity (Wildman–Crippen MR) is 96.4 cm³/mol. The largest absolute Gasteiger partial charge is 0.481 e. The molecule has 0 bridgehead atoms. The molecule has 0 aliphatic carbocycles. The summed E-state index contributed by atoms with van der Waals surface area (Å²) in [6.07, 6.45) is 23.4. The van der Waals surface area contributed by atoms with Gasteiger partial charge in [-0.3, -0.25) is 9.59 Å². The van der Waals surface area contributed by atoms with Gasteiger partial charge in [0.15, 0.2) is 0 Å². The predicted octanol–water partition coefficient (Wildman–Crippen LogP) is 5.40. The lowest BCUT2D eigenvalue weighted by Crippen LogP contribution is -1.92. The van der Waals surface area contributed by atoms with Crippen LogP contribution in [0.4, 0.5) is 0 Å². The third kappa shape index (κ3) is 18.1. The van der Waals surface area contributed by atoms with Crippen molar-refractivity contribution in [2.45, 2.75) is 64.7 Å². The Balaban J connectivity index is 3.48. The third-order valence-corrected chi connectivity index (χ3v) is 3.23. The van der Waals surface area contributed by atoms with Gasteiger partial charge in [-0.05, 0) is 38.5 Å². The van der Waals surface area contributed by atoms with Gasteiger partial charge in [0, 0.05) is 19.3 Å². The monoisotopic (exact) mass is 318 g/mol. The average Bonchev–Trinajstić information content (AvgIpc) is 2.53. The van der Waals surface area contributed by atoms with Crippen molar-refractivity contribution in [1.82, 2.24) is 0 Å². The highest BCUT2D eigenvalue weighted by Crippen LogP contribution is 2.00. The van der Waals surface area contributed by atoms with Crippen LogP contribution in [-0.4, -0.2) is 16.9 Å². The SMILES string of the molecule is CCC(=O)CC/C=C\C/C=C\C/C=C\C/C=C\CCCC(=O)O. The first kappa shape index (κ1) is 21.1. The summed E-state index contributed by atoms with van der Waals surface area (Å²) in [5.41, 5.74) is 0. The molecular weight excluding hydrogens is 288 g/mol. The van der Waals surface area contributed by atoms with Crippen LogP contribution in [0.5, 0.6) is 0 Å². The van der Waals surface area contributed by atoms with Crippen LogP contribution in [0, 0.1) is 0 Å². The first-order valence-corrected chi connectivity index (χ1v) is 8.50. The number of aliphatic carboxylic acids is 1. The van der Waals surface area contributed by atoms with Crippen LogP contribution < -0.4 is 0 Å². The van der Waals surface area contributed by atoms with Gasteiger partial charge in [0.25, 0.3) is 0 Å². The smallest absolute Gasteiger partial charge is 0.303 e. The van der Waals surface area contributed by atoms with E-state index in [0.29, 0.717) is 25.0 Å². The number of hydrogen-bond donors (Lipinski definition) is 1. The molecule has 128 valence electrons. The van der Waals surface area contributed by atoms with E-state index in [1.54, 1.807) is 0 Å². The van der Waals surface area contributed by atoms with Crippen molar-refractivity contribution in [3.63, 3.8) is 0 Å². The van der Waals surface area contributed by atoms with Crippen molar-refractivity contribution in [1.29, 1.82) is 0 Å². The highest BCUT2D eigenvalue weighted by Gasteiger charge is 1.93. The van der Waals surface area contributed by atoms with Gasteiger partial charge in [-0.15, -0.1) is 0 Å². The normalized spacial score (nSPS) is 12.2. The summed E-state index contributed by atoms with van der Waals surface area (Å²) >= 11 is 0. The number of carbonyl (C=O) groups is 2. The number of allylic oxidation sites excluding steroid dienone is 8. The van der Waals surface area contributed by atoms with Crippen molar-refractivity contribution in [3.8, 4) is 0 Å². The molecule has 0 saturated carbocycles. The molecule has 3 nitrogen and oxygen atoms in total. The van der Waals surface area contributed by atoms with E-state index >= 15 is 0 Å². The van der Waals surface area contributed by atoms with E-state index < -0.39 is 5.97 Å². The van der Waals surface area contributed by atoms with Crippen LogP contribution in [-0.2, 0) is 9.59 Å². The van der Waals surface area contributed by atoms with Crippen molar-refractivity contribution < 1.29 is 14.7 Å². The molecule has 0 spiro atoms. The summed E-state index contributed by atoms with van der Waals surface area (Å²) in [7, 11) is 0. The first-order chi connectivity index (χ1) is 11.2. The molecule has 3 heteroatoms. The van der Waals surface area contributed by atoms with Crippen LogP contribution in [0.25, 0.3) is 0 Å². The molecule has 23 heavy (non-hydrogen) atoms. The lowest BCUT2D eigenvalue weighted by Gasteiger charge is -1.91. The van der Waals surface area contributed by atoms with Crippen molar-refractivity contribution in [2.24, 2.45) is 0 Å². The summed E-state index contributed by atoms with van der Waals surface area (Å²) in [4.78, 5) is 21.4. The van der Waals surface area contributed by atoms with Gasteiger partial charge in [-0.25, -0.2) is 0 Å². The number of carboxylic acids is 1. The first-order valence-electron chi connectivity index (χ1n) is 8.50. The number of carboxylic acid groups (broad SMARTS) is 1. The molecule has 0 heterocycles. The van der Waals surface area contributed by atoms with Crippen LogP contribution in [0.3, 0.4) is 0 Å². The lowest BCUT2D eigenvalue weighted by atomic mass is 10.1. The molecule has 0 unspecified atom stereocenters. The van der Waals surface area contributed by atoms with Gasteiger partial charge < -0.3 is 5.11 Å². The van der Waals surface area contributed by atoms with Crippen molar-refractivity contribution in [3.05, 3.63) is 48.6 Å². The van der Waals surface area contributed by atoms with Gasteiger partial charge in [0.1, 0.15) is 5.78 Å². The molecule has 0 aromatic heterocycles. The minimum atomic E-state index is -0.727. The number of hydrogen-bond acceptors (Lipinski definition) is 2. The van der Waals surface area contributed by atoms with Gasteiger partial charge in [-0.2, -0.15) is 0 Å². The fourth-order valence-electron chi connectivity index (χ4n) is 1.84. The Labute approximate surface area is 140 Å². The van der Waals surface area contributed by atoms with Gasteiger partial charge >= 0.3 is 5.97 Å². The van der Waals surface area contributed by atoms with Crippen molar-refractivity contribution in [2.75, 3.05) is 0 Å². The number of carbonyl (C=O) groups excluding carboxylic acids is 1. The zero-order valence-corrected chi connectivity index (χ0v) is 14.2. The molecule has 0 atom stereocenters. The van der Waals surface area contributed by atoms with E-state index in [0.717, 1.165) is 32.1 Å². The van der Waals surface area contributed by atoms with E-state index in [9.17, 15) is 9.59 Å². The number of rotatable bonds is 14. The summed E-state index contributed by atoms with van der Waals surface area (Å²) in [5, 5.41) is 8.49. The molecule has 0 fully saturated rings. The highest BCUT2D eigenvalue weighted by atomic mass is 16.4. The van der Waals surface area contributed by atoms with Crippen LogP contribution in [0.15, 0.2) is 48.6 Å². The standard InChI is InChI=1S/C20H30O3/c1-2-19(21)17-15-13-11-9-7-5-3-4-6-8-10-12-14-16-18-20(22)23/h4-7,10-13H,2-3,8-9,14-18H2,1H3,(H,22,23)/b6-4-,7-5-,12-10-,13-11-. The minimum absolute atomic E-state index is 0.244. The summed E-state index contributed by atoms with van der Waals surface area (Å²) in [5.74, 6) is -0.402. The van der Waals surface area contributed by atoms with Crippen molar-refractivity contribution >= 4 is 11.8 Å². The minimum Gasteiger partial charge on any atom is -0.481 e. The Morgan fingerprint density at radius 2 is 1.22 bits per heavy atom. The van der Waals surface area contributed by atoms with Crippen LogP contribution >= 0.6 is 0 Å². The Bertz CT molecular complexity index is 428. The molecule has 0 rings (SSSR count). The second-order valence-corrected chi connectivity index (χ2v) is 5.31. The second-order valence-electron chi connectivity index (χ2n) is 5.31. The Kier molecular flexibility index (Phi) is 15.1. The fraction of sp³-hybridized carbons (Fsp3) is 0.500. The molecule has 0 aliphatic rings. The van der Waals surface area contributed by atoms with Crippen LogP contribution in [0.2, 0.25) is 0 Å². The zero-order valence-electron chi connectivity index (χ0n) is 14.2. The molecular formula is C20H30O3. The molecule has 0 radical (unpaired) electrons. The highest BCUT2D eigenvalue weighted by molar-refractivity contribution is 5.78. The molecule has 0 saturated heterocycles. The summed E-state index contributed by atoms with van der Waals surface area (Å²) < 4.78 is 0. The Morgan fingerprint density at radius 3 is 1.70 bits per heavy atom. The average molecular weight is 318 g/mol. The van der Waals surface area contributed by atoms with E-state index in [4.69, 9.17) is 5.11 Å². The second kappa shape index (κ2) is 16.5. The van der Waals surface area contributed by atoms with Crippen LogP contribution in [0.1, 0.15) is 64.7 Å². The maximum absolute atomic E-state index is 11.1. The molecule has 0 aromatic rings. The lowest BCUT2D eigenvalue weighted by molar-refractivity contribution is -0.137. The topological polar surface area (TPSA) is 54.4 Å². The van der Waals surface area contributed by atoms with Gasteiger partial charge in [0.2, 0.25) is 0 Å². The molecule has 1 N–H and O–H groups in total. The molecule has 0 aromatic carbocycles. The number of Topliss-reactive ketones (excluding diaryl/α,β-unsaturated/α-hetero) is 1. The van der Waals surface area contributed by atoms with E-state index in [1.165, 1.54) is 0 Å². The molecule has 0 amide bonds. The van der Waals surface area contributed by atoms with Gasteiger partial charge in [0.05, 0.1) is 0 Å². The van der Waals surface area contributed by atoms with Gasteiger partial charge in [-0.1, -0.05) is 55.5 Å². The Hall–Kier alpha value is -1.90. The number of unbranched alkanes of at least 4 members (excludes halogenated alkanes) is 1. The zero-order chi connectivity index (χ0) is 17.2. The Morgan fingerprint density at radius 1 is 0.739 bits per heavy atom. The molecule has 0 aliphatic heterocycles. The van der Waals surface area contributed by atoms with E-state index in [2.05, 4.69) is 42.5 Å². The third-order valence-electron chi connectivity index (χ3n) is 3.23. The van der Waals surface area contributed by atoms with E-state index in [1.807, 2.05) is 13.0 Å². The fourth-order valence-corrected chi connectivity index (χ4v) is 1.84.